The third-order valence-electron chi connectivity index (χ3n) is 6.64. The van der Waals surface area contributed by atoms with E-state index in [9.17, 15) is 9.59 Å². The van der Waals surface area contributed by atoms with Gasteiger partial charge >= 0.3 is 0 Å². The topological polar surface area (TPSA) is 49.4 Å². The van der Waals surface area contributed by atoms with Crippen LogP contribution in [0.1, 0.15) is 72.9 Å². The zero-order chi connectivity index (χ0) is 21.1. The van der Waals surface area contributed by atoms with E-state index in [1.54, 1.807) is 0 Å². The van der Waals surface area contributed by atoms with Gasteiger partial charge in [0, 0.05) is 23.7 Å². The van der Waals surface area contributed by atoms with E-state index in [4.69, 9.17) is 11.6 Å². The number of nitrogens with one attached hydrogen (secondary N) is 1. The number of carbonyl (C=O) groups is 2. The lowest BCUT2D eigenvalue weighted by Gasteiger charge is -2.50. The summed E-state index contributed by atoms with van der Waals surface area (Å²) in [7, 11) is 0. The SMILES string of the molecule is CCCCN1C(=O)c2ccccc2[C@H](C(=O)NCc2cccc(Cl)c2)C12CCCC2. The second-order valence-corrected chi connectivity index (χ2v) is 8.93. The van der Waals surface area contributed by atoms with Crippen LogP contribution in [0, 0.1) is 0 Å². The van der Waals surface area contributed by atoms with Crippen LogP contribution in [0.4, 0.5) is 0 Å². The first-order chi connectivity index (χ1) is 14.6. The monoisotopic (exact) mass is 424 g/mol. The Morgan fingerprint density at radius 2 is 1.93 bits per heavy atom. The summed E-state index contributed by atoms with van der Waals surface area (Å²) in [6, 6.07) is 15.2. The van der Waals surface area contributed by atoms with Crippen molar-refractivity contribution in [2.75, 3.05) is 6.54 Å². The first kappa shape index (κ1) is 20.9. The molecule has 1 atom stereocenters. The van der Waals surface area contributed by atoms with E-state index in [0.29, 0.717) is 23.7 Å². The third-order valence-corrected chi connectivity index (χ3v) is 6.88. The molecule has 2 aromatic rings. The normalized spacial score (nSPS) is 19.7. The molecule has 0 aromatic heterocycles. The smallest absolute Gasteiger partial charge is 0.254 e. The summed E-state index contributed by atoms with van der Waals surface area (Å²) in [4.78, 5) is 29.1. The Kier molecular flexibility index (Phi) is 6.14. The van der Waals surface area contributed by atoms with E-state index < -0.39 is 5.54 Å². The Hall–Kier alpha value is -2.33. The quantitative estimate of drug-likeness (QED) is 0.683. The van der Waals surface area contributed by atoms with Crippen LogP contribution < -0.4 is 5.32 Å². The lowest BCUT2D eigenvalue weighted by molar-refractivity contribution is -0.126. The Balaban J connectivity index is 1.70. The molecule has 2 aromatic carbocycles. The van der Waals surface area contributed by atoms with Crippen molar-refractivity contribution in [1.29, 1.82) is 0 Å². The van der Waals surface area contributed by atoms with Gasteiger partial charge in [-0.15, -0.1) is 0 Å². The highest BCUT2D eigenvalue weighted by Crippen LogP contribution is 2.50. The van der Waals surface area contributed by atoms with Gasteiger partial charge in [0.1, 0.15) is 0 Å². The minimum absolute atomic E-state index is 0.00155. The summed E-state index contributed by atoms with van der Waals surface area (Å²) in [6.45, 7) is 3.28. The number of nitrogens with zero attached hydrogens (tertiary/aromatic N) is 1. The number of hydrogen-bond donors (Lipinski definition) is 1. The highest BCUT2D eigenvalue weighted by molar-refractivity contribution is 6.30. The molecule has 1 N–H and O–H groups in total. The van der Waals surface area contributed by atoms with Gasteiger partial charge < -0.3 is 10.2 Å². The van der Waals surface area contributed by atoms with Crippen LogP contribution in [-0.4, -0.2) is 28.8 Å². The molecule has 4 nitrogen and oxygen atoms in total. The summed E-state index contributed by atoms with van der Waals surface area (Å²) in [5.41, 5.74) is 2.10. The second-order valence-electron chi connectivity index (χ2n) is 8.49. The lowest BCUT2D eigenvalue weighted by Crippen LogP contribution is -2.60. The average Bonchev–Trinajstić information content (AvgIpc) is 3.22. The Morgan fingerprint density at radius 3 is 2.67 bits per heavy atom. The van der Waals surface area contributed by atoms with Crippen LogP contribution in [0.15, 0.2) is 48.5 Å². The van der Waals surface area contributed by atoms with Crippen molar-refractivity contribution in [3.8, 4) is 0 Å². The molecule has 1 fully saturated rings. The molecule has 1 saturated carbocycles. The highest BCUT2D eigenvalue weighted by Gasteiger charge is 2.55. The zero-order valence-electron chi connectivity index (χ0n) is 17.5. The number of carbonyl (C=O) groups excluding carboxylic acids is 2. The van der Waals surface area contributed by atoms with E-state index in [0.717, 1.165) is 49.7 Å². The third kappa shape index (κ3) is 3.74. The van der Waals surface area contributed by atoms with Crippen molar-refractivity contribution in [1.82, 2.24) is 10.2 Å². The molecule has 5 heteroatoms. The van der Waals surface area contributed by atoms with E-state index >= 15 is 0 Å². The van der Waals surface area contributed by atoms with E-state index in [2.05, 4.69) is 12.2 Å². The molecule has 30 heavy (non-hydrogen) atoms. The number of rotatable bonds is 6. The average molecular weight is 425 g/mol. The Bertz CT molecular complexity index is 936. The van der Waals surface area contributed by atoms with Gasteiger partial charge in [0.15, 0.2) is 0 Å². The number of benzene rings is 2. The van der Waals surface area contributed by atoms with Crippen LogP contribution in [0.2, 0.25) is 5.02 Å². The Morgan fingerprint density at radius 1 is 1.17 bits per heavy atom. The number of amides is 2. The summed E-state index contributed by atoms with van der Waals surface area (Å²) >= 11 is 6.10. The van der Waals surface area contributed by atoms with Gasteiger partial charge in [-0.3, -0.25) is 9.59 Å². The first-order valence-corrected chi connectivity index (χ1v) is 11.4. The molecule has 158 valence electrons. The van der Waals surface area contributed by atoms with Crippen LogP contribution >= 0.6 is 11.6 Å². The van der Waals surface area contributed by atoms with Crippen molar-refractivity contribution in [2.24, 2.45) is 0 Å². The molecule has 1 aliphatic carbocycles. The summed E-state index contributed by atoms with van der Waals surface area (Å²) < 4.78 is 0. The van der Waals surface area contributed by atoms with Gasteiger partial charge in [0.05, 0.1) is 11.5 Å². The van der Waals surface area contributed by atoms with Gasteiger partial charge in [0.2, 0.25) is 5.91 Å². The van der Waals surface area contributed by atoms with Crippen LogP contribution in [0.25, 0.3) is 0 Å². The number of fused-ring (bicyclic) bond motifs is 1. The molecule has 2 amide bonds. The van der Waals surface area contributed by atoms with Crippen molar-refractivity contribution < 1.29 is 9.59 Å². The first-order valence-electron chi connectivity index (χ1n) is 11.0. The molecular weight excluding hydrogens is 396 g/mol. The lowest BCUT2D eigenvalue weighted by atomic mass is 9.71. The molecule has 0 radical (unpaired) electrons. The summed E-state index contributed by atoms with van der Waals surface area (Å²) in [5.74, 6) is -0.261. The molecule has 2 aliphatic rings. The van der Waals surface area contributed by atoms with Crippen molar-refractivity contribution in [2.45, 2.75) is 63.5 Å². The van der Waals surface area contributed by atoms with Gasteiger partial charge in [-0.2, -0.15) is 0 Å². The maximum atomic E-state index is 13.6. The fraction of sp³-hybridized carbons (Fsp3) is 0.440. The van der Waals surface area contributed by atoms with Gasteiger partial charge in [0.25, 0.3) is 5.91 Å². The summed E-state index contributed by atoms with van der Waals surface area (Å²) in [5, 5.41) is 3.80. The van der Waals surface area contributed by atoms with Gasteiger partial charge in [-0.1, -0.05) is 68.1 Å². The highest BCUT2D eigenvalue weighted by atomic mass is 35.5. The molecular formula is C25H29ClN2O2. The summed E-state index contributed by atoms with van der Waals surface area (Å²) in [6.07, 6.45) is 5.84. The standard InChI is InChI=1S/C25H29ClN2O2/c1-2-3-15-28-24(30)21-12-5-4-11-20(21)22(25(28)13-6-7-14-25)23(29)27-17-18-9-8-10-19(26)16-18/h4-5,8-12,16,22H,2-3,6-7,13-15,17H2,1H3,(H,27,29)/t22-/m1/s1. The minimum Gasteiger partial charge on any atom is -0.351 e. The van der Waals surface area contributed by atoms with E-state index in [1.807, 2.05) is 53.4 Å². The molecule has 1 heterocycles. The second kappa shape index (κ2) is 8.81. The predicted molar refractivity (Wildman–Crippen MR) is 120 cm³/mol. The molecule has 1 spiro atoms. The fourth-order valence-electron chi connectivity index (χ4n) is 5.25. The largest absolute Gasteiger partial charge is 0.351 e. The Labute approximate surface area is 183 Å². The van der Waals surface area contributed by atoms with Crippen LogP contribution in [-0.2, 0) is 11.3 Å². The number of hydrogen-bond acceptors (Lipinski definition) is 2. The number of halogens is 1. The van der Waals surface area contributed by atoms with E-state index in [-0.39, 0.29) is 17.7 Å². The van der Waals surface area contributed by atoms with Crippen molar-refractivity contribution >= 4 is 23.4 Å². The molecule has 4 rings (SSSR count). The van der Waals surface area contributed by atoms with Crippen LogP contribution in [0.5, 0.6) is 0 Å². The predicted octanol–water partition coefficient (Wildman–Crippen LogP) is 5.31. The maximum Gasteiger partial charge on any atom is 0.254 e. The molecule has 1 aliphatic heterocycles. The van der Waals surface area contributed by atoms with Gasteiger partial charge in [-0.05, 0) is 48.6 Å². The minimum atomic E-state index is -0.418. The number of unbranched alkanes of at least 4 members (excludes halogenated alkanes) is 1. The molecule has 0 bridgehead atoms. The maximum absolute atomic E-state index is 13.6. The van der Waals surface area contributed by atoms with Crippen molar-refractivity contribution in [3.63, 3.8) is 0 Å². The zero-order valence-corrected chi connectivity index (χ0v) is 18.3. The van der Waals surface area contributed by atoms with Crippen LogP contribution in [0.3, 0.4) is 0 Å². The van der Waals surface area contributed by atoms with E-state index in [1.165, 1.54) is 0 Å². The van der Waals surface area contributed by atoms with Crippen molar-refractivity contribution in [3.05, 3.63) is 70.2 Å². The fourth-order valence-corrected chi connectivity index (χ4v) is 5.46. The molecule has 0 saturated heterocycles. The van der Waals surface area contributed by atoms with Gasteiger partial charge in [-0.25, -0.2) is 0 Å². The molecule has 0 unspecified atom stereocenters.